The van der Waals surface area contributed by atoms with E-state index in [4.69, 9.17) is 4.74 Å². The van der Waals surface area contributed by atoms with Crippen molar-refractivity contribution in [2.45, 2.75) is 39.5 Å². The molecule has 0 saturated heterocycles. The normalized spacial score (nSPS) is 12.8. The zero-order chi connectivity index (χ0) is 12.0. The Morgan fingerprint density at radius 1 is 1.50 bits per heavy atom. The SMILES string of the molecule is CC(Cn1ccnc1)NC(=O)COC(C)C. The molecule has 5 nitrogen and oxygen atoms in total. The predicted molar refractivity (Wildman–Crippen MR) is 60.9 cm³/mol. The lowest BCUT2D eigenvalue weighted by Gasteiger charge is -2.15. The van der Waals surface area contributed by atoms with Gasteiger partial charge in [0.1, 0.15) is 6.61 Å². The zero-order valence-corrected chi connectivity index (χ0v) is 10.0. The highest BCUT2D eigenvalue weighted by Gasteiger charge is 2.08. The summed E-state index contributed by atoms with van der Waals surface area (Å²) in [6.07, 6.45) is 5.39. The number of hydrogen-bond acceptors (Lipinski definition) is 3. The molecule has 1 aromatic rings. The molecule has 0 aliphatic heterocycles. The average Bonchev–Trinajstić information content (AvgIpc) is 2.67. The first-order chi connectivity index (χ1) is 7.58. The van der Waals surface area contributed by atoms with Crippen LogP contribution in [0.5, 0.6) is 0 Å². The van der Waals surface area contributed by atoms with E-state index in [1.54, 1.807) is 12.5 Å². The van der Waals surface area contributed by atoms with Crippen molar-refractivity contribution >= 4 is 5.91 Å². The molecule has 1 unspecified atom stereocenters. The van der Waals surface area contributed by atoms with E-state index in [-0.39, 0.29) is 24.7 Å². The van der Waals surface area contributed by atoms with Crippen LogP contribution in [0, 0.1) is 0 Å². The molecule has 0 radical (unpaired) electrons. The van der Waals surface area contributed by atoms with Crippen LogP contribution in [0.25, 0.3) is 0 Å². The molecule has 0 saturated carbocycles. The van der Waals surface area contributed by atoms with Gasteiger partial charge in [-0.3, -0.25) is 4.79 Å². The standard InChI is InChI=1S/C11H19N3O2/c1-9(2)16-7-11(15)13-10(3)6-14-5-4-12-8-14/h4-5,8-10H,6-7H2,1-3H3,(H,13,15). The van der Waals surface area contributed by atoms with Gasteiger partial charge in [-0.1, -0.05) is 0 Å². The Morgan fingerprint density at radius 3 is 2.81 bits per heavy atom. The summed E-state index contributed by atoms with van der Waals surface area (Å²) in [6.45, 7) is 6.59. The Labute approximate surface area is 95.8 Å². The fourth-order valence-electron chi connectivity index (χ4n) is 1.32. The highest BCUT2D eigenvalue weighted by Crippen LogP contribution is 1.92. The fraction of sp³-hybridized carbons (Fsp3) is 0.636. The van der Waals surface area contributed by atoms with Crippen LogP contribution in [0.2, 0.25) is 0 Å². The summed E-state index contributed by atoms with van der Waals surface area (Å²) in [5.74, 6) is -0.0821. The minimum Gasteiger partial charge on any atom is -0.369 e. The summed E-state index contributed by atoms with van der Waals surface area (Å²) in [7, 11) is 0. The molecule has 1 heterocycles. The van der Waals surface area contributed by atoms with Gasteiger partial charge in [0.2, 0.25) is 5.91 Å². The van der Waals surface area contributed by atoms with Crippen LogP contribution in [0.15, 0.2) is 18.7 Å². The van der Waals surface area contributed by atoms with Gasteiger partial charge in [-0.05, 0) is 20.8 Å². The second-order valence-corrected chi connectivity index (χ2v) is 4.09. The number of ether oxygens (including phenoxy) is 1. The first-order valence-corrected chi connectivity index (χ1v) is 5.44. The first-order valence-electron chi connectivity index (χ1n) is 5.44. The van der Waals surface area contributed by atoms with Crippen molar-refractivity contribution in [3.63, 3.8) is 0 Å². The summed E-state index contributed by atoms with van der Waals surface area (Å²) in [4.78, 5) is 15.4. The number of nitrogens with zero attached hydrogens (tertiary/aromatic N) is 2. The first kappa shape index (κ1) is 12.7. The lowest BCUT2D eigenvalue weighted by atomic mass is 10.3. The van der Waals surface area contributed by atoms with E-state index < -0.39 is 0 Å². The van der Waals surface area contributed by atoms with Crippen molar-refractivity contribution in [3.05, 3.63) is 18.7 Å². The molecule has 16 heavy (non-hydrogen) atoms. The third-order valence-corrected chi connectivity index (χ3v) is 2.00. The Bertz CT molecular complexity index is 309. The van der Waals surface area contributed by atoms with Gasteiger partial charge in [0.15, 0.2) is 0 Å². The fourth-order valence-corrected chi connectivity index (χ4v) is 1.32. The molecule has 1 rings (SSSR count). The molecular formula is C11H19N3O2. The van der Waals surface area contributed by atoms with E-state index in [9.17, 15) is 4.79 Å². The maximum Gasteiger partial charge on any atom is 0.246 e. The topological polar surface area (TPSA) is 56.2 Å². The average molecular weight is 225 g/mol. The van der Waals surface area contributed by atoms with Crippen molar-refractivity contribution in [2.75, 3.05) is 6.61 Å². The summed E-state index contributed by atoms with van der Waals surface area (Å²) in [5, 5.41) is 2.86. The molecular weight excluding hydrogens is 206 g/mol. The van der Waals surface area contributed by atoms with E-state index in [2.05, 4.69) is 10.3 Å². The molecule has 5 heteroatoms. The monoisotopic (exact) mass is 225 g/mol. The number of nitrogens with one attached hydrogen (secondary N) is 1. The molecule has 1 atom stereocenters. The lowest BCUT2D eigenvalue weighted by molar-refractivity contribution is -0.127. The number of amides is 1. The van der Waals surface area contributed by atoms with E-state index in [1.165, 1.54) is 0 Å². The molecule has 0 aliphatic carbocycles. The number of rotatable bonds is 6. The maximum absolute atomic E-state index is 11.4. The molecule has 90 valence electrons. The van der Waals surface area contributed by atoms with Gasteiger partial charge >= 0.3 is 0 Å². The number of aromatic nitrogens is 2. The highest BCUT2D eigenvalue weighted by atomic mass is 16.5. The Hall–Kier alpha value is -1.36. The van der Waals surface area contributed by atoms with Crippen molar-refractivity contribution in [1.29, 1.82) is 0 Å². The second-order valence-electron chi connectivity index (χ2n) is 4.09. The van der Waals surface area contributed by atoms with Crippen LogP contribution in [-0.4, -0.2) is 34.2 Å². The Morgan fingerprint density at radius 2 is 2.25 bits per heavy atom. The van der Waals surface area contributed by atoms with Crippen molar-refractivity contribution in [2.24, 2.45) is 0 Å². The molecule has 0 fully saturated rings. The lowest BCUT2D eigenvalue weighted by Crippen LogP contribution is -2.38. The van der Waals surface area contributed by atoms with Crippen LogP contribution in [-0.2, 0) is 16.1 Å². The van der Waals surface area contributed by atoms with Crippen molar-refractivity contribution in [1.82, 2.24) is 14.9 Å². The number of imidazole rings is 1. The second kappa shape index (κ2) is 6.27. The summed E-state index contributed by atoms with van der Waals surface area (Å²) >= 11 is 0. The molecule has 0 aromatic carbocycles. The molecule has 1 amide bonds. The van der Waals surface area contributed by atoms with Gasteiger partial charge in [-0.2, -0.15) is 0 Å². The Kier molecular flexibility index (Phi) is 4.98. The number of hydrogen-bond donors (Lipinski definition) is 1. The summed E-state index contributed by atoms with van der Waals surface area (Å²) < 4.78 is 7.13. The number of carbonyl (C=O) groups excluding carboxylic acids is 1. The van der Waals surface area contributed by atoms with E-state index in [1.807, 2.05) is 31.5 Å². The van der Waals surface area contributed by atoms with E-state index in [0.717, 1.165) is 0 Å². The van der Waals surface area contributed by atoms with Gasteiger partial charge in [0.05, 0.1) is 12.4 Å². The van der Waals surface area contributed by atoms with Gasteiger partial charge < -0.3 is 14.6 Å². The van der Waals surface area contributed by atoms with Crippen molar-refractivity contribution < 1.29 is 9.53 Å². The highest BCUT2D eigenvalue weighted by molar-refractivity contribution is 5.77. The summed E-state index contributed by atoms with van der Waals surface area (Å²) in [5.41, 5.74) is 0. The van der Waals surface area contributed by atoms with Gasteiger partial charge in [-0.15, -0.1) is 0 Å². The third kappa shape index (κ3) is 4.93. The molecule has 1 aromatic heterocycles. The zero-order valence-electron chi connectivity index (χ0n) is 10.0. The molecule has 0 spiro atoms. The largest absolute Gasteiger partial charge is 0.369 e. The van der Waals surface area contributed by atoms with Gasteiger partial charge in [0, 0.05) is 25.0 Å². The van der Waals surface area contributed by atoms with Crippen molar-refractivity contribution in [3.8, 4) is 0 Å². The summed E-state index contributed by atoms with van der Waals surface area (Å²) in [6, 6.07) is 0.0671. The molecule has 0 aliphatic rings. The smallest absolute Gasteiger partial charge is 0.246 e. The van der Waals surface area contributed by atoms with Gasteiger partial charge in [0.25, 0.3) is 0 Å². The predicted octanol–water partition coefficient (Wildman–Crippen LogP) is 0.813. The van der Waals surface area contributed by atoms with Crippen LogP contribution in [0.1, 0.15) is 20.8 Å². The van der Waals surface area contributed by atoms with Crippen LogP contribution in [0.3, 0.4) is 0 Å². The van der Waals surface area contributed by atoms with E-state index in [0.29, 0.717) is 6.54 Å². The van der Waals surface area contributed by atoms with Crippen LogP contribution >= 0.6 is 0 Å². The Balaban J connectivity index is 2.23. The van der Waals surface area contributed by atoms with E-state index >= 15 is 0 Å². The molecule has 0 bridgehead atoms. The number of carbonyl (C=O) groups is 1. The third-order valence-electron chi connectivity index (χ3n) is 2.00. The maximum atomic E-state index is 11.4. The molecule has 1 N–H and O–H groups in total. The quantitative estimate of drug-likeness (QED) is 0.779. The van der Waals surface area contributed by atoms with Crippen LogP contribution in [0.4, 0.5) is 0 Å². The van der Waals surface area contributed by atoms with Crippen LogP contribution < -0.4 is 5.32 Å². The minimum atomic E-state index is -0.0821. The minimum absolute atomic E-state index is 0.0671. The van der Waals surface area contributed by atoms with Gasteiger partial charge in [-0.25, -0.2) is 4.98 Å².